The molecule has 0 spiro atoms. The highest BCUT2D eigenvalue weighted by Gasteiger charge is 2.36. The third-order valence-corrected chi connectivity index (χ3v) is 5.45. The Morgan fingerprint density at radius 1 is 1.30 bits per heavy atom. The number of amides is 1. The Bertz CT molecular complexity index is 591. The second-order valence-electron chi connectivity index (χ2n) is 6.07. The molecule has 6 heteroatoms. The predicted molar refractivity (Wildman–Crippen MR) is 93.7 cm³/mol. The van der Waals surface area contributed by atoms with E-state index in [9.17, 15) is 9.59 Å². The van der Waals surface area contributed by atoms with E-state index >= 15 is 0 Å². The highest BCUT2D eigenvalue weighted by molar-refractivity contribution is 7.99. The van der Waals surface area contributed by atoms with Crippen LogP contribution in [0.15, 0.2) is 24.3 Å². The van der Waals surface area contributed by atoms with Gasteiger partial charge in [0.2, 0.25) is 0 Å². The number of hydrogen-bond acceptors (Lipinski definition) is 4. The molecule has 0 saturated carbocycles. The van der Waals surface area contributed by atoms with Gasteiger partial charge in [0, 0.05) is 36.0 Å². The molecule has 1 amide bonds. The molecule has 1 aliphatic heterocycles. The summed E-state index contributed by atoms with van der Waals surface area (Å²) in [5.74, 6) is 0.243. The van der Waals surface area contributed by atoms with E-state index in [0.717, 1.165) is 22.8 Å². The first-order chi connectivity index (χ1) is 10.8. The van der Waals surface area contributed by atoms with E-state index in [4.69, 9.17) is 16.3 Å². The SMILES string of the molecule is CC(=O)OC(C)(C)C(=O)N1CCS[C@H](c2ccccc2Cl)CC1. The van der Waals surface area contributed by atoms with Crippen LogP contribution in [0.4, 0.5) is 0 Å². The lowest BCUT2D eigenvalue weighted by Crippen LogP contribution is -2.48. The van der Waals surface area contributed by atoms with Gasteiger partial charge in [-0.3, -0.25) is 9.59 Å². The summed E-state index contributed by atoms with van der Waals surface area (Å²) in [6.07, 6.45) is 0.830. The van der Waals surface area contributed by atoms with Gasteiger partial charge < -0.3 is 9.64 Å². The van der Waals surface area contributed by atoms with Crippen LogP contribution in [-0.2, 0) is 14.3 Å². The molecular formula is C17H22ClNO3S. The van der Waals surface area contributed by atoms with Crippen LogP contribution in [0, 0.1) is 0 Å². The first-order valence-electron chi connectivity index (χ1n) is 7.66. The van der Waals surface area contributed by atoms with E-state index in [2.05, 4.69) is 0 Å². The summed E-state index contributed by atoms with van der Waals surface area (Å²) < 4.78 is 5.17. The van der Waals surface area contributed by atoms with Gasteiger partial charge in [-0.05, 0) is 31.9 Å². The molecule has 126 valence electrons. The van der Waals surface area contributed by atoms with Gasteiger partial charge in [0.15, 0.2) is 5.60 Å². The van der Waals surface area contributed by atoms with Crippen molar-refractivity contribution in [2.24, 2.45) is 0 Å². The van der Waals surface area contributed by atoms with Crippen LogP contribution in [0.5, 0.6) is 0 Å². The summed E-state index contributed by atoms with van der Waals surface area (Å²) in [7, 11) is 0. The largest absolute Gasteiger partial charge is 0.450 e. The maximum Gasteiger partial charge on any atom is 0.303 e. The van der Waals surface area contributed by atoms with Crippen molar-refractivity contribution in [3.05, 3.63) is 34.9 Å². The number of carbonyl (C=O) groups is 2. The number of nitrogens with zero attached hydrogens (tertiary/aromatic N) is 1. The maximum absolute atomic E-state index is 12.6. The van der Waals surface area contributed by atoms with Gasteiger partial charge in [-0.2, -0.15) is 11.8 Å². The normalized spacial score (nSPS) is 19.1. The summed E-state index contributed by atoms with van der Waals surface area (Å²) in [6, 6.07) is 7.85. The molecule has 0 unspecified atom stereocenters. The van der Waals surface area contributed by atoms with E-state index < -0.39 is 11.6 Å². The van der Waals surface area contributed by atoms with Gasteiger partial charge in [-0.1, -0.05) is 29.8 Å². The van der Waals surface area contributed by atoms with E-state index in [0.29, 0.717) is 13.1 Å². The number of ether oxygens (including phenoxy) is 1. The van der Waals surface area contributed by atoms with E-state index in [1.807, 2.05) is 36.0 Å². The summed E-state index contributed by atoms with van der Waals surface area (Å²) in [4.78, 5) is 25.6. The quantitative estimate of drug-likeness (QED) is 0.776. The molecule has 1 fully saturated rings. The molecule has 1 atom stereocenters. The Morgan fingerprint density at radius 3 is 2.65 bits per heavy atom. The minimum absolute atomic E-state index is 0.145. The molecule has 4 nitrogen and oxygen atoms in total. The summed E-state index contributed by atoms with van der Waals surface area (Å²) >= 11 is 8.10. The zero-order valence-corrected chi connectivity index (χ0v) is 15.2. The molecule has 0 radical (unpaired) electrons. The van der Waals surface area contributed by atoms with Crippen LogP contribution in [0.25, 0.3) is 0 Å². The van der Waals surface area contributed by atoms with Crippen molar-refractivity contribution >= 4 is 35.2 Å². The highest BCUT2D eigenvalue weighted by atomic mass is 35.5. The average Bonchev–Trinajstić information content (AvgIpc) is 2.71. The Hall–Kier alpha value is -1.20. The second kappa shape index (κ2) is 7.58. The molecule has 0 aromatic heterocycles. The van der Waals surface area contributed by atoms with Gasteiger partial charge in [0.1, 0.15) is 0 Å². The van der Waals surface area contributed by atoms with Gasteiger partial charge in [0.25, 0.3) is 5.91 Å². The average molecular weight is 356 g/mol. The number of benzene rings is 1. The summed E-state index contributed by atoms with van der Waals surface area (Å²) in [5.41, 5.74) is -0.00603. The molecule has 0 aliphatic carbocycles. The van der Waals surface area contributed by atoms with Crippen LogP contribution in [-0.4, -0.2) is 41.2 Å². The number of halogens is 1. The topological polar surface area (TPSA) is 46.6 Å². The van der Waals surface area contributed by atoms with Gasteiger partial charge in [0.05, 0.1) is 0 Å². The molecule has 2 rings (SSSR count). The highest BCUT2D eigenvalue weighted by Crippen LogP contribution is 2.38. The summed E-state index contributed by atoms with van der Waals surface area (Å²) in [5, 5.41) is 1.04. The molecular weight excluding hydrogens is 334 g/mol. The molecule has 0 bridgehead atoms. The fraction of sp³-hybridized carbons (Fsp3) is 0.529. The molecule has 0 N–H and O–H groups in total. The number of hydrogen-bond donors (Lipinski definition) is 0. The molecule has 1 aromatic carbocycles. The summed E-state index contributed by atoms with van der Waals surface area (Å²) in [6.45, 7) is 5.88. The van der Waals surface area contributed by atoms with Crippen molar-refractivity contribution in [3.63, 3.8) is 0 Å². The van der Waals surface area contributed by atoms with Gasteiger partial charge in [-0.15, -0.1) is 0 Å². The fourth-order valence-corrected chi connectivity index (χ4v) is 4.34. The van der Waals surface area contributed by atoms with Crippen LogP contribution >= 0.6 is 23.4 Å². The van der Waals surface area contributed by atoms with Crippen LogP contribution in [0.1, 0.15) is 38.0 Å². The third-order valence-electron chi connectivity index (χ3n) is 3.79. The second-order valence-corrected chi connectivity index (χ2v) is 7.78. The Kier molecular flexibility index (Phi) is 5.98. The molecule has 1 heterocycles. The first kappa shape index (κ1) is 18.1. The maximum atomic E-state index is 12.6. The molecule has 1 aromatic rings. The minimum atomic E-state index is -1.12. The van der Waals surface area contributed by atoms with Crippen LogP contribution in [0.2, 0.25) is 5.02 Å². The number of carbonyl (C=O) groups excluding carboxylic acids is 2. The predicted octanol–water partition coefficient (Wildman–Crippen LogP) is 3.69. The van der Waals surface area contributed by atoms with Crippen LogP contribution < -0.4 is 0 Å². The molecule has 1 saturated heterocycles. The molecule has 23 heavy (non-hydrogen) atoms. The first-order valence-corrected chi connectivity index (χ1v) is 9.09. The lowest BCUT2D eigenvalue weighted by atomic mass is 10.1. The third kappa shape index (κ3) is 4.64. The zero-order chi connectivity index (χ0) is 17.0. The van der Waals surface area contributed by atoms with Gasteiger partial charge >= 0.3 is 5.97 Å². The number of esters is 1. The smallest absolute Gasteiger partial charge is 0.303 e. The van der Waals surface area contributed by atoms with Crippen molar-refractivity contribution in [2.45, 2.75) is 38.0 Å². The Balaban J connectivity index is 2.05. The monoisotopic (exact) mass is 355 g/mol. The Labute approximate surface area is 146 Å². The van der Waals surface area contributed by atoms with Crippen molar-refractivity contribution < 1.29 is 14.3 Å². The fourth-order valence-electron chi connectivity index (χ4n) is 2.74. The zero-order valence-electron chi connectivity index (χ0n) is 13.7. The lowest BCUT2D eigenvalue weighted by molar-refractivity contribution is -0.168. The number of rotatable bonds is 3. The standard InChI is InChI=1S/C17H22ClNO3S/c1-12(20)22-17(2,3)16(21)19-9-8-15(23-11-10-19)13-6-4-5-7-14(13)18/h4-7,15H,8-11H2,1-3H3/t15-/m0/s1. The number of thioether (sulfide) groups is 1. The van der Waals surface area contributed by atoms with Crippen LogP contribution in [0.3, 0.4) is 0 Å². The van der Waals surface area contributed by atoms with Crippen molar-refractivity contribution in [1.29, 1.82) is 0 Å². The minimum Gasteiger partial charge on any atom is -0.450 e. The lowest BCUT2D eigenvalue weighted by Gasteiger charge is -2.30. The van der Waals surface area contributed by atoms with Crippen molar-refractivity contribution in [3.8, 4) is 0 Å². The van der Waals surface area contributed by atoms with E-state index in [1.54, 1.807) is 18.7 Å². The Morgan fingerprint density at radius 2 is 2.00 bits per heavy atom. The van der Waals surface area contributed by atoms with Crippen molar-refractivity contribution in [1.82, 2.24) is 4.90 Å². The van der Waals surface area contributed by atoms with Crippen molar-refractivity contribution in [2.75, 3.05) is 18.8 Å². The van der Waals surface area contributed by atoms with E-state index in [-0.39, 0.29) is 11.2 Å². The van der Waals surface area contributed by atoms with E-state index in [1.165, 1.54) is 6.92 Å². The molecule has 1 aliphatic rings. The van der Waals surface area contributed by atoms with Gasteiger partial charge in [-0.25, -0.2) is 0 Å².